The average molecular weight is 263 g/mol. The van der Waals surface area contributed by atoms with Crippen LogP contribution in [0, 0.1) is 6.92 Å². The molecule has 0 unspecified atom stereocenters. The van der Waals surface area contributed by atoms with E-state index in [4.69, 9.17) is 5.11 Å². The fraction of sp³-hybridized carbons (Fsp3) is 0.250. The predicted octanol–water partition coefficient (Wildman–Crippen LogP) is 1.63. The molecule has 2 aromatic heterocycles. The summed E-state index contributed by atoms with van der Waals surface area (Å²) in [7, 11) is 0. The lowest BCUT2D eigenvalue weighted by Crippen LogP contribution is -2.11. The van der Waals surface area contributed by atoms with Crippen molar-refractivity contribution in [3.63, 3.8) is 0 Å². The van der Waals surface area contributed by atoms with Crippen molar-refractivity contribution in [3.8, 4) is 0 Å². The molecular weight excluding hydrogens is 250 g/mol. The molecule has 0 aliphatic carbocycles. The van der Waals surface area contributed by atoms with Crippen LogP contribution in [0.4, 0.5) is 5.13 Å². The minimum atomic E-state index is -0.207. The number of pyridine rings is 1. The second-order valence-corrected chi connectivity index (χ2v) is 4.77. The van der Waals surface area contributed by atoms with Gasteiger partial charge >= 0.3 is 0 Å². The Labute approximate surface area is 109 Å². The number of amides is 1. The molecule has 0 aliphatic rings. The summed E-state index contributed by atoms with van der Waals surface area (Å²) in [4.78, 5) is 21.0. The lowest BCUT2D eigenvalue weighted by molar-refractivity contribution is 0.102. The molecule has 0 aromatic carbocycles. The van der Waals surface area contributed by atoms with E-state index in [2.05, 4.69) is 15.3 Å². The Kier molecular flexibility index (Phi) is 4.01. The van der Waals surface area contributed by atoms with Gasteiger partial charge in [0.2, 0.25) is 0 Å². The molecule has 0 aliphatic heterocycles. The third-order valence-corrected chi connectivity index (χ3v) is 3.53. The zero-order chi connectivity index (χ0) is 13.0. The molecule has 0 bridgehead atoms. The summed E-state index contributed by atoms with van der Waals surface area (Å²) in [6.07, 6.45) is 3.70. The minimum Gasteiger partial charge on any atom is -0.396 e. The molecule has 2 aromatic rings. The number of aliphatic hydroxyl groups is 1. The van der Waals surface area contributed by atoms with Crippen molar-refractivity contribution in [1.82, 2.24) is 9.97 Å². The van der Waals surface area contributed by atoms with E-state index in [9.17, 15) is 4.79 Å². The van der Waals surface area contributed by atoms with Gasteiger partial charge in [-0.3, -0.25) is 15.1 Å². The average Bonchev–Trinajstić information content (AvgIpc) is 2.71. The maximum atomic E-state index is 11.9. The molecule has 18 heavy (non-hydrogen) atoms. The Morgan fingerprint density at radius 1 is 1.44 bits per heavy atom. The van der Waals surface area contributed by atoms with Crippen molar-refractivity contribution in [3.05, 3.63) is 40.7 Å². The van der Waals surface area contributed by atoms with Crippen LogP contribution in [0.1, 0.15) is 20.9 Å². The van der Waals surface area contributed by atoms with Crippen molar-refractivity contribution in [2.24, 2.45) is 0 Å². The van der Waals surface area contributed by atoms with Crippen molar-refractivity contribution in [2.45, 2.75) is 13.3 Å². The largest absolute Gasteiger partial charge is 0.396 e. The van der Waals surface area contributed by atoms with E-state index < -0.39 is 0 Å². The molecule has 0 saturated heterocycles. The SMILES string of the molecule is Cc1nc(NC(=O)c2ccncc2)sc1CCO. The van der Waals surface area contributed by atoms with Gasteiger partial charge in [-0.2, -0.15) is 0 Å². The highest BCUT2D eigenvalue weighted by Crippen LogP contribution is 2.23. The van der Waals surface area contributed by atoms with E-state index in [0.717, 1.165) is 10.6 Å². The fourth-order valence-electron chi connectivity index (χ4n) is 1.49. The number of aryl methyl sites for hydroxylation is 1. The van der Waals surface area contributed by atoms with Crippen LogP contribution < -0.4 is 5.32 Å². The summed E-state index contributed by atoms with van der Waals surface area (Å²) < 4.78 is 0. The van der Waals surface area contributed by atoms with Crippen LogP contribution in [-0.2, 0) is 6.42 Å². The summed E-state index contributed by atoms with van der Waals surface area (Å²) in [5.41, 5.74) is 1.39. The molecule has 0 radical (unpaired) electrons. The normalized spacial score (nSPS) is 10.3. The van der Waals surface area contributed by atoms with E-state index in [1.165, 1.54) is 11.3 Å². The van der Waals surface area contributed by atoms with E-state index in [0.29, 0.717) is 17.1 Å². The maximum absolute atomic E-state index is 11.9. The Bertz CT molecular complexity index is 540. The van der Waals surface area contributed by atoms with E-state index in [1.54, 1.807) is 24.5 Å². The number of carbonyl (C=O) groups excluding carboxylic acids is 1. The monoisotopic (exact) mass is 263 g/mol. The van der Waals surface area contributed by atoms with E-state index in [1.807, 2.05) is 6.92 Å². The standard InChI is InChI=1S/C12H13N3O2S/c1-8-10(4-7-16)18-12(14-8)15-11(17)9-2-5-13-6-3-9/h2-3,5-6,16H,4,7H2,1H3,(H,14,15,17). The number of anilines is 1. The molecule has 0 fully saturated rings. The molecule has 6 heteroatoms. The smallest absolute Gasteiger partial charge is 0.257 e. The summed E-state index contributed by atoms with van der Waals surface area (Å²) in [5, 5.41) is 12.2. The third kappa shape index (κ3) is 2.91. The van der Waals surface area contributed by atoms with Gasteiger partial charge in [0.05, 0.1) is 5.69 Å². The van der Waals surface area contributed by atoms with Crippen LogP contribution in [0.25, 0.3) is 0 Å². The van der Waals surface area contributed by atoms with Crippen molar-refractivity contribution >= 4 is 22.4 Å². The predicted molar refractivity (Wildman–Crippen MR) is 69.8 cm³/mol. The molecule has 5 nitrogen and oxygen atoms in total. The molecule has 2 heterocycles. The number of hydrogen-bond acceptors (Lipinski definition) is 5. The zero-order valence-electron chi connectivity index (χ0n) is 9.88. The van der Waals surface area contributed by atoms with Crippen molar-refractivity contribution in [2.75, 3.05) is 11.9 Å². The number of nitrogens with one attached hydrogen (secondary N) is 1. The van der Waals surface area contributed by atoms with Gasteiger partial charge in [-0.1, -0.05) is 0 Å². The van der Waals surface area contributed by atoms with Crippen molar-refractivity contribution in [1.29, 1.82) is 0 Å². The van der Waals surface area contributed by atoms with Gasteiger partial charge in [-0.15, -0.1) is 11.3 Å². The minimum absolute atomic E-state index is 0.0841. The molecule has 2 rings (SSSR count). The topological polar surface area (TPSA) is 75.1 Å². The summed E-state index contributed by atoms with van der Waals surface area (Å²) in [5.74, 6) is -0.207. The van der Waals surface area contributed by atoms with Gasteiger partial charge in [0.15, 0.2) is 5.13 Å². The number of rotatable bonds is 4. The van der Waals surface area contributed by atoms with Crippen LogP contribution in [0.15, 0.2) is 24.5 Å². The number of aromatic nitrogens is 2. The first-order valence-corrected chi connectivity index (χ1v) is 6.31. The number of hydrogen-bond donors (Lipinski definition) is 2. The number of aliphatic hydroxyl groups excluding tert-OH is 1. The van der Waals surface area contributed by atoms with E-state index >= 15 is 0 Å². The first-order valence-electron chi connectivity index (χ1n) is 5.49. The van der Waals surface area contributed by atoms with Gasteiger partial charge in [0, 0.05) is 35.9 Å². The first kappa shape index (κ1) is 12.7. The highest BCUT2D eigenvalue weighted by atomic mass is 32.1. The highest BCUT2D eigenvalue weighted by molar-refractivity contribution is 7.15. The highest BCUT2D eigenvalue weighted by Gasteiger charge is 2.11. The molecule has 1 amide bonds. The molecule has 2 N–H and O–H groups in total. The Balaban J connectivity index is 2.10. The molecule has 94 valence electrons. The summed E-state index contributed by atoms with van der Waals surface area (Å²) in [6.45, 7) is 1.95. The van der Waals surface area contributed by atoms with Gasteiger partial charge in [-0.05, 0) is 19.1 Å². The van der Waals surface area contributed by atoms with Crippen LogP contribution in [-0.4, -0.2) is 27.6 Å². The fourth-order valence-corrected chi connectivity index (χ4v) is 2.43. The number of nitrogens with zero attached hydrogens (tertiary/aromatic N) is 2. The van der Waals surface area contributed by atoms with Crippen molar-refractivity contribution < 1.29 is 9.90 Å². The van der Waals surface area contributed by atoms with Gasteiger partial charge < -0.3 is 5.11 Å². The third-order valence-electron chi connectivity index (χ3n) is 2.39. The summed E-state index contributed by atoms with van der Waals surface area (Å²) in [6, 6.07) is 3.29. The Hall–Kier alpha value is -1.79. The molecule has 0 atom stereocenters. The molecular formula is C12H13N3O2S. The van der Waals surface area contributed by atoms with Crippen LogP contribution in [0.5, 0.6) is 0 Å². The Morgan fingerprint density at radius 2 is 2.17 bits per heavy atom. The molecule has 0 spiro atoms. The van der Waals surface area contributed by atoms with Crippen LogP contribution >= 0.6 is 11.3 Å². The van der Waals surface area contributed by atoms with Gasteiger partial charge in [0.25, 0.3) is 5.91 Å². The first-order chi connectivity index (χ1) is 8.70. The zero-order valence-corrected chi connectivity index (χ0v) is 10.7. The second kappa shape index (κ2) is 5.70. The molecule has 0 saturated carbocycles. The lowest BCUT2D eigenvalue weighted by Gasteiger charge is -2.00. The van der Waals surface area contributed by atoms with Gasteiger partial charge in [-0.25, -0.2) is 4.98 Å². The van der Waals surface area contributed by atoms with Crippen LogP contribution in [0.3, 0.4) is 0 Å². The quantitative estimate of drug-likeness (QED) is 0.879. The summed E-state index contributed by atoms with van der Waals surface area (Å²) >= 11 is 1.39. The lowest BCUT2D eigenvalue weighted by atomic mass is 10.2. The Morgan fingerprint density at radius 3 is 2.83 bits per heavy atom. The maximum Gasteiger partial charge on any atom is 0.257 e. The second-order valence-electron chi connectivity index (χ2n) is 3.69. The number of carbonyl (C=O) groups is 1. The number of thiazole rings is 1. The van der Waals surface area contributed by atoms with Crippen LogP contribution in [0.2, 0.25) is 0 Å². The van der Waals surface area contributed by atoms with Gasteiger partial charge in [0.1, 0.15) is 0 Å². The van der Waals surface area contributed by atoms with E-state index in [-0.39, 0.29) is 12.5 Å².